The first kappa shape index (κ1) is 22.4. The topological polar surface area (TPSA) is 79.9 Å². The monoisotopic (exact) mass is 497 g/mol. The van der Waals surface area contributed by atoms with Crippen LogP contribution in [-0.2, 0) is 0 Å². The molecule has 1 fully saturated rings. The maximum atomic E-state index is 13.2. The first-order valence-electron chi connectivity index (χ1n) is 10.6. The number of nitrogens with zero attached hydrogens (tertiary/aromatic N) is 1. The third-order valence-corrected chi connectivity index (χ3v) is 6.54. The number of halogens is 2. The third kappa shape index (κ3) is 3.91. The zero-order valence-corrected chi connectivity index (χ0v) is 19.9. The van der Waals surface area contributed by atoms with Crippen molar-refractivity contribution in [1.82, 2.24) is 5.32 Å². The Kier molecular flexibility index (Phi) is 5.54. The Bertz CT molecular complexity index is 1320. The molecule has 2 unspecified atom stereocenters. The molecule has 0 saturated carbocycles. The fourth-order valence-corrected chi connectivity index (χ4v) is 4.91. The summed E-state index contributed by atoms with van der Waals surface area (Å²) in [5.74, 6) is 0.840. The molecule has 0 aromatic heterocycles. The zero-order valence-electron chi connectivity index (χ0n) is 18.4. The second-order valence-electron chi connectivity index (χ2n) is 8.35. The lowest BCUT2D eigenvalue weighted by Crippen LogP contribution is -2.65. The molecule has 2 bridgehead atoms. The maximum Gasteiger partial charge on any atom is 0.325 e. The van der Waals surface area contributed by atoms with E-state index >= 15 is 0 Å². The standard InChI is InChI=1S/C25H21Cl2N3O4/c1-25-13-20(18-11-15(26)6-8-21(18)34-25)29-24(32)30(25)17-5-3-4-14(10-17)23(31)28-16-7-9-22(33-2)19(27)12-16/h3-12,20H,13H2,1-2H3,(H,28,31)(H,29,32). The van der Waals surface area contributed by atoms with Crippen LogP contribution in [0.5, 0.6) is 11.5 Å². The molecule has 34 heavy (non-hydrogen) atoms. The van der Waals surface area contributed by atoms with Crippen molar-refractivity contribution in [2.75, 3.05) is 17.3 Å². The summed E-state index contributed by atoms with van der Waals surface area (Å²) < 4.78 is 11.4. The lowest BCUT2D eigenvalue weighted by Gasteiger charge is -2.50. The molecule has 2 aliphatic rings. The minimum atomic E-state index is -0.938. The van der Waals surface area contributed by atoms with Gasteiger partial charge in [0.15, 0.2) is 5.72 Å². The first-order valence-corrected chi connectivity index (χ1v) is 11.4. The normalized spacial score (nSPS) is 20.6. The van der Waals surface area contributed by atoms with Crippen molar-refractivity contribution in [3.63, 3.8) is 0 Å². The predicted molar refractivity (Wildman–Crippen MR) is 131 cm³/mol. The van der Waals surface area contributed by atoms with Gasteiger partial charge in [-0.05, 0) is 61.5 Å². The number of hydrogen-bond donors (Lipinski definition) is 2. The Morgan fingerprint density at radius 2 is 2.00 bits per heavy atom. The Morgan fingerprint density at radius 1 is 1.18 bits per heavy atom. The SMILES string of the molecule is COc1ccc(NC(=O)c2cccc(N3C(=O)NC4CC3(C)Oc3ccc(Cl)cc34)c2)cc1Cl. The predicted octanol–water partition coefficient (Wildman–Crippen LogP) is 6.02. The van der Waals surface area contributed by atoms with Crippen LogP contribution in [0.2, 0.25) is 10.0 Å². The zero-order chi connectivity index (χ0) is 24.0. The number of carbonyl (C=O) groups is 2. The minimum absolute atomic E-state index is 0.220. The van der Waals surface area contributed by atoms with Gasteiger partial charge in [-0.25, -0.2) is 4.79 Å². The number of hydrogen-bond acceptors (Lipinski definition) is 4. The molecule has 2 heterocycles. The van der Waals surface area contributed by atoms with E-state index in [0.717, 1.165) is 5.56 Å². The Balaban J connectivity index is 1.43. The van der Waals surface area contributed by atoms with Crippen molar-refractivity contribution in [1.29, 1.82) is 0 Å². The van der Waals surface area contributed by atoms with Crippen molar-refractivity contribution in [3.05, 3.63) is 81.8 Å². The van der Waals surface area contributed by atoms with Crippen molar-refractivity contribution >= 4 is 46.5 Å². The van der Waals surface area contributed by atoms with E-state index in [4.69, 9.17) is 32.7 Å². The van der Waals surface area contributed by atoms with Crippen molar-refractivity contribution in [3.8, 4) is 11.5 Å². The molecule has 9 heteroatoms. The van der Waals surface area contributed by atoms with E-state index in [0.29, 0.717) is 44.9 Å². The number of ether oxygens (including phenoxy) is 2. The van der Waals surface area contributed by atoms with E-state index in [1.54, 1.807) is 53.4 Å². The van der Waals surface area contributed by atoms with Crippen LogP contribution in [0.25, 0.3) is 0 Å². The summed E-state index contributed by atoms with van der Waals surface area (Å²) in [6.07, 6.45) is 0.521. The molecule has 3 aromatic carbocycles. The van der Waals surface area contributed by atoms with Crippen molar-refractivity contribution in [2.45, 2.75) is 25.1 Å². The van der Waals surface area contributed by atoms with Crippen LogP contribution >= 0.6 is 23.2 Å². The van der Waals surface area contributed by atoms with Gasteiger partial charge >= 0.3 is 6.03 Å². The van der Waals surface area contributed by atoms with Crippen LogP contribution in [0.1, 0.15) is 35.3 Å². The van der Waals surface area contributed by atoms with Gasteiger partial charge in [-0.2, -0.15) is 0 Å². The number of benzene rings is 3. The van der Waals surface area contributed by atoms with E-state index in [9.17, 15) is 9.59 Å². The second-order valence-corrected chi connectivity index (χ2v) is 9.20. The van der Waals surface area contributed by atoms with Gasteiger partial charge in [0.25, 0.3) is 5.91 Å². The summed E-state index contributed by atoms with van der Waals surface area (Å²) in [7, 11) is 1.52. The molecular formula is C25H21Cl2N3O4. The van der Waals surface area contributed by atoms with Gasteiger partial charge in [0.05, 0.1) is 23.9 Å². The van der Waals surface area contributed by atoms with Gasteiger partial charge in [0.1, 0.15) is 11.5 Å². The number of urea groups is 1. The molecule has 5 rings (SSSR count). The van der Waals surface area contributed by atoms with E-state index in [1.165, 1.54) is 7.11 Å². The molecule has 7 nitrogen and oxygen atoms in total. The summed E-state index contributed by atoms with van der Waals surface area (Å²) in [6, 6.07) is 16.7. The van der Waals surface area contributed by atoms with Crippen LogP contribution in [-0.4, -0.2) is 24.8 Å². The number of amides is 3. The summed E-state index contributed by atoms with van der Waals surface area (Å²) in [5, 5.41) is 6.82. The van der Waals surface area contributed by atoms with Crippen LogP contribution in [0.4, 0.5) is 16.2 Å². The van der Waals surface area contributed by atoms with Crippen LogP contribution < -0.4 is 25.0 Å². The number of fused-ring (bicyclic) bond motifs is 4. The van der Waals surface area contributed by atoms with Crippen molar-refractivity contribution < 1.29 is 19.1 Å². The average molecular weight is 498 g/mol. The number of rotatable bonds is 4. The maximum absolute atomic E-state index is 13.2. The highest BCUT2D eigenvalue weighted by Gasteiger charge is 2.50. The van der Waals surface area contributed by atoms with Gasteiger partial charge in [0.2, 0.25) is 0 Å². The molecule has 2 N–H and O–H groups in total. The number of nitrogens with one attached hydrogen (secondary N) is 2. The molecule has 2 atom stereocenters. The highest BCUT2D eigenvalue weighted by atomic mass is 35.5. The minimum Gasteiger partial charge on any atom is -0.495 e. The second kappa shape index (κ2) is 8.42. The molecule has 1 saturated heterocycles. The first-order chi connectivity index (χ1) is 16.3. The molecule has 0 spiro atoms. The lowest BCUT2D eigenvalue weighted by molar-refractivity contribution is 0.0378. The van der Waals surface area contributed by atoms with Crippen LogP contribution in [0, 0.1) is 0 Å². The summed E-state index contributed by atoms with van der Waals surface area (Å²) >= 11 is 12.3. The summed E-state index contributed by atoms with van der Waals surface area (Å²) in [5.41, 5.74) is 1.36. The molecule has 174 valence electrons. The van der Waals surface area contributed by atoms with Gasteiger partial charge in [0, 0.05) is 28.3 Å². The molecule has 3 amide bonds. The number of anilines is 2. The molecule has 0 aliphatic carbocycles. The highest BCUT2D eigenvalue weighted by molar-refractivity contribution is 6.32. The smallest absolute Gasteiger partial charge is 0.325 e. The van der Waals surface area contributed by atoms with E-state index in [1.807, 2.05) is 19.1 Å². The fraction of sp³-hybridized carbons (Fsp3) is 0.200. The number of carbonyl (C=O) groups excluding carboxylic acids is 2. The van der Waals surface area contributed by atoms with Crippen LogP contribution in [0.3, 0.4) is 0 Å². The largest absolute Gasteiger partial charge is 0.495 e. The summed E-state index contributed by atoms with van der Waals surface area (Å²) in [4.78, 5) is 27.6. The summed E-state index contributed by atoms with van der Waals surface area (Å²) in [6.45, 7) is 1.86. The van der Waals surface area contributed by atoms with E-state index in [-0.39, 0.29) is 18.0 Å². The Morgan fingerprint density at radius 3 is 2.76 bits per heavy atom. The van der Waals surface area contributed by atoms with Gasteiger partial charge < -0.3 is 20.1 Å². The fourth-order valence-electron chi connectivity index (χ4n) is 4.47. The van der Waals surface area contributed by atoms with E-state index < -0.39 is 5.72 Å². The van der Waals surface area contributed by atoms with Gasteiger partial charge in [-0.3, -0.25) is 9.69 Å². The molecule has 3 aromatic rings. The van der Waals surface area contributed by atoms with Gasteiger partial charge in [-0.15, -0.1) is 0 Å². The highest BCUT2D eigenvalue weighted by Crippen LogP contribution is 2.46. The number of methoxy groups -OCH3 is 1. The van der Waals surface area contributed by atoms with Crippen LogP contribution in [0.15, 0.2) is 60.7 Å². The molecule has 0 radical (unpaired) electrons. The Hall–Kier alpha value is -3.42. The molecular weight excluding hydrogens is 477 g/mol. The third-order valence-electron chi connectivity index (χ3n) is 6.01. The van der Waals surface area contributed by atoms with Crippen molar-refractivity contribution in [2.24, 2.45) is 0 Å². The Labute approximate surface area is 206 Å². The average Bonchev–Trinajstić information content (AvgIpc) is 2.79. The van der Waals surface area contributed by atoms with E-state index in [2.05, 4.69) is 10.6 Å². The van der Waals surface area contributed by atoms with Gasteiger partial charge in [-0.1, -0.05) is 29.3 Å². The quantitative estimate of drug-likeness (QED) is 0.461. The molecule has 2 aliphatic heterocycles. The lowest BCUT2D eigenvalue weighted by atomic mass is 9.90.